The molecule has 0 spiro atoms. The summed E-state index contributed by atoms with van der Waals surface area (Å²) >= 11 is 0. The van der Waals surface area contributed by atoms with Crippen molar-refractivity contribution < 1.29 is 32.7 Å². The molecule has 1 heterocycles. The topological polar surface area (TPSA) is 74.7 Å². The third kappa shape index (κ3) is 2.23. The van der Waals surface area contributed by atoms with Gasteiger partial charge in [-0.1, -0.05) is 0 Å². The summed E-state index contributed by atoms with van der Waals surface area (Å²) in [6.45, 7) is -0.514. The molecule has 0 aromatic heterocycles. The highest BCUT2D eigenvalue weighted by Gasteiger charge is 2.38. The molecular weight excluding hydrogens is 327 g/mol. The van der Waals surface area contributed by atoms with Crippen LogP contribution in [0.5, 0.6) is 5.75 Å². The number of hydrogen-bond donors (Lipinski definition) is 1. The van der Waals surface area contributed by atoms with Gasteiger partial charge in [0.25, 0.3) is 11.8 Å². The summed E-state index contributed by atoms with van der Waals surface area (Å²) in [6, 6.07) is 3.60. The summed E-state index contributed by atoms with van der Waals surface area (Å²) in [7, 11) is 0. The number of phenolic OH excluding ortho intramolecular Hbond substituents is 1. The average Bonchev–Trinajstić information content (AvgIpc) is 2.77. The Labute approximate surface area is 132 Å². The molecule has 24 heavy (non-hydrogen) atoms. The van der Waals surface area contributed by atoms with Gasteiger partial charge < -0.3 is 5.11 Å². The number of aldehydes is 1. The molecule has 1 aliphatic heterocycles. The summed E-state index contributed by atoms with van der Waals surface area (Å²) in [5, 5.41) is 9.60. The van der Waals surface area contributed by atoms with E-state index in [1.807, 2.05) is 0 Å². The molecule has 0 radical (unpaired) electrons. The Morgan fingerprint density at radius 2 is 1.67 bits per heavy atom. The Balaban J connectivity index is 2.02. The van der Waals surface area contributed by atoms with Gasteiger partial charge in [-0.3, -0.25) is 19.3 Å². The third-order valence-corrected chi connectivity index (χ3v) is 3.66. The fraction of sp³-hybridized carbons (Fsp3) is 0.0625. The second-order valence-electron chi connectivity index (χ2n) is 5.11. The Kier molecular flexibility index (Phi) is 3.59. The Hall–Kier alpha value is -3.16. The van der Waals surface area contributed by atoms with E-state index in [0.717, 1.165) is 6.07 Å². The smallest absolute Gasteiger partial charge is 0.262 e. The molecule has 1 aliphatic rings. The van der Waals surface area contributed by atoms with Gasteiger partial charge in [0, 0.05) is 0 Å². The molecule has 3 rings (SSSR count). The zero-order chi connectivity index (χ0) is 17.6. The number of imide groups is 1. The van der Waals surface area contributed by atoms with Crippen molar-refractivity contribution in [2.24, 2.45) is 0 Å². The van der Waals surface area contributed by atoms with Crippen LogP contribution in [0, 0.1) is 17.5 Å². The summed E-state index contributed by atoms with van der Waals surface area (Å²) < 4.78 is 39.5. The van der Waals surface area contributed by atoms with Gasteiger partial charge in [0.2, 0.25) is 0 Å². The van der Waals surface area contributed by atoms with Crippen LogP contribution in [0.3, 0.4) is 0 Å². The minimum Gasteiger partial charge on any atom is -0.507 e. The number of fused-ring (bicyclic) bond motifs is 1. The van der Waals surface area contributed by atoms with E-state index in [9.17, 15) is 32.7 Å². The van der Waals surface area contributed by atoms with Gasteiger partial charge in [-0.05, 0) is 29.8 Å². The van der Waals surface area contributed by atoms with Crippen LogP contribution in [0.25, 0.3) is 0 Å². The number of carbonyl (C=O) groups is 3. The molecule has 0 unspecified atom stereocenters. The Bertz CT molecular complexity index is 887. The molecule has 1 N–H and O–H groups in total. The standard InChI is InChI=1S/C16H8F3NO4/c17-10-3-7(4-11(18)14(10)19)5-20-15(23)8-1-2-12(22)9(6-21)13(8)16(20)24/h1-4,6,22H,5H2. The van der Waals surface area contributed by atoms with Crippen molar-refractivity contribution in [3.63, 3.8) is 0 Å². The second kappa shape index (κ2) is 5.48. The summed E-state index contributed by atoms with van der Waals surface area (Å²) in [6.07, 6.45) is 0.236. The maximum absolute atomic E-state index is 13.3. The highest BCUT2D eigenvalue weighted by molar-refractivity contribution is 6.24. The predicted octanol–water partition coefficient (Wildman–Crippen LogP) is 2.42. The number of phenols is 1. The molecule has 5 nitrogen and oxygen atoms in total. The van der Waals surface area contributed by atoms with Crippen LogP contribution in [-0.2, 0) is 6.54 Å². The number of aromatic hydroxyl groups is 1. The van der Waals surface area contributed by atoms with E-state index in [0.29, 0.717) is 17.0 Å². The monoisotopic (exact) mass is 335 g/mol. The van der Waals surface area contributed by atoms with E-state index in [4.69, 9.17) is 0 Å². The van der Waals surface area contributed by atoms with Gasteiger partial charge in [0.1, 0.15) is 5.75 Å². The van der Waals surface area contributed by atoms with Gasteiger partial charge in [0.05, 0.1) is 23.2 Å². The fourth-order valence-corrected chi connectivity index (χ4v) is 2.53. The number of benzene rings is 2. The Morgan fingerprint density at radius 1 is 1.04 bits per heavy atom. The van der Waals surface area contributed by atoms with E-state index in [2.05, 4.69) is 0 Å². The highest BCUT2D eigenvalue weighted by Crippen LogP contribution is 2.31. The largest absolute Gasteiger partial charge is 0.507 e. The molecular formula is C16H8F3NO4. The molecule has 2 aromatic rings. The van der Waals surface area contributed by atoms with Crippen molar-refractivity contribution in [2.75, 3.05) is 0 Å². The van der Waals surface area contributed by atoms with Crippen molar-refractivity contribution in [1.82, 2.24) is 4.90 Å². The first kappa shape index (κ1) is 15.7. The van der Waals surface area contributed by atoms with E-state index >= 15 is 0 Å². The molecule has 0 saturated carbocycles. The van der Waals surface area contributed by atoms with Crippen LogP contribution in [-0.4, -0.2) is 28.1 Å². The first-order chi connectivity index (χ1) is 11.3. The molecule has 2 aromatic carbocycles. The summed E-state index contributed by atoms with van der Waals surface area (Å²) in [4.78, 5) is 36.3. The SMILES string of the molecule is O=Cc1c(O)ccc2c1C(=O)N(Cc1cc(F)c(F)c(F)c1)C2=O. The number of amides is 2. The number of hydrogen-bond acceptors (Lipinski definition) is 4. The van der Waals surface area contributed by atoms with Crippen LogP contribution in [0.4, 0.5) is 13.2 Å². The molecule has 8 heteroatoms. The molecule has 0 bridgehead atoms. The maximum atomic E-state index is 13.3. The van der Waals surface area contributed by atoms with E-state index < -0.39 is 41.6 Å². The van der Waals surface area contributed by atoms with Crippen LogP contribution in [0.1, 0.15) is 36.6 Å². The fourth-order valence-electron chi connectivity index (χ4n) is 2.53. The van der Waals surface area contributed by atoms with Crippen molar-refractivity contribution in [3.8, 4) is 5.75 Å². The lowest BCUT2D eigenvalue weighted by Gasteiger charge is -2.14. The van der Waals surface area contributed by atoms with Crippen LogP contribution in [0.2, 0.25) is 0 Å². The zero-order valence-corrected chi connectivity index (χ0v) is 11.8. The molecule has 0 atom stereocenters. The molecule has 0 saturated heterocycles. The van der Waals surface area contributed by atoms with E-state index in [-0.39, 0.29) is 28.5 Å². The van der Waals surface area contributed by atoms with Gasteiger partial charge in [-0.25, -0.2) is 13.2 Å². The normalized spacial score (nSPS) is 13.4. The molecule has 122 valence electrons. The third-order valence-electron chi connectivity index (χ3n) is 3.66. The van der Waals surface area contributed by atoms with Crippen molar-refractivity contribution in [3.05, 3.63) is 64.0 Å². The van der Waals surface area contributed by atoms with Gasteiger partial charge >= 0.3 is 0 Å². The summed E-state index contributed by atoms with van der Waals surface area (Å²) in [5.74, 6) is -6.71. The average molecular weight is 335 g/mol. The predicted molar refractivity (Wildman–Crippen MR) is 74.0 cm³/mol. The van der Waals surface area contributed by atoms with E-state index in [1.54, 1.807) is 0 Å². The first-order valence-electron chi connectivity index (χ1n) is 6.66. The zero-order valence-electron chi connectivity index (χ0n) is 11.8. The molecule has 2 amide bonds. The number of rotatable bonds is 3. The summed E-state index contributed by atoms with van der Waals surface area (Å²) in [5.41, 5.74) is -0.872. The lowest BCUT2D eigenvalue weighted by atomic mass is 10.0. The highest BCUT2D eigenvalue weighted by atomic mass is 19.2. The van der Waals surface area contributed by atoms with Crippen molar-refractivity contribution >= 4 is 18.1 Å². The minimum absolute atomic E-state index is 0.108. The number of nitrogens with zero attached hydrogens (tertiary/aromatic N) is 1. The van der Waals surface area contributed by atoms with Gasteiger partial charge in [0.15, 0.2) is 23.7 Å². The van der Waals surface area contributed by atoms with Crippen molar-refractivity contribution in [2.45, 2.75) is 6.54 Å². The van der Waals surface area contributed by atoms with Crippen LogP contribution < -0.4 is 0 Å². The second-order valence-corrected chi connectivity index (χ2v) is 5.11. The van der Waals surface area contributed by atoms with Crippen molar-refractivity contribution in [1.29, 1.82) is 0 Å². The maximum Gasteiger partial charge on any atom is 0.262 e. The van der Waals surface area contributed by atoms with Gasteiger partial charge in [-0.2, -0.15) is 0 Å². The minimum atomic E-state index is -1.66. The van der Waals surface area contributed by atoms with E-state index in [1.165, 1.54) is 6.07 Å². The van der Waals surface area contributed by atoms with Crippen LogP contribution >= 0.6 is 0 Å². The quantitative estimate of drug-likeness (QED) is 0.531. The number of halogens is 3. The lowest BCUT2D eigenvalue weighted by molar-refractivity contribution is 0.0640. The first-order valence-corrected chi connectivity index (χ1v) is 6.66. The molecule has 0 fully saturated rings. The van der Waals surface area contributed by atoms with Gasteiger partial charge in [-0.15, -0.1) is 0 Å². The Morgan fingerprint density at radius 3 is 2.25 bits per heavy atom. The number of carbonyl (C=O) groups excluding carboxylic acids is 3. The van der Waals surface area contributed by atoms with Crippen LogP contribution in [0.15, 0.2) is 24.3 Å². The molecule has 0 aliphatic carbocycles. The lowest BCUT2D eigenvalue weighted by Crippen LogP contribution is -2.29.